The maximum absolute atomic E-state index is 12.6. The number of rotatable bonds is 4. The van der Waals surface area contributed by atoms with Crippen LogP contribution in [0, 0.1) is 0 Å². The maximum Gasteiger partial charge on any atom is 0.273 e. The van der Waals surface area contributed by atoms with Crippen LogP contribution in [-0.4, -0.2) is 25.8 Å². The molecule has 3 heterocycles. The van der Waals surface area contributed by atoms with Gasteiger partial charge in [0, 0.05) is 23.7 Å². The van der Waals surface area contributed by atoms with Gasteiger partial charge in [-0.15, -0.1) is 0 Å². The monoisotopic (exact) mass is 351 g/mol. The third kappa shape index (κ3) is 3.00. The molecule has 0 aliphatic heterocycles. The van der Waals surface area contributed by atoms with Gasteiger partial charge in [-0.25, -0.2) is 9.67 Å². The van der Waals surface area contributed by atoms with E-state index in [1.165, 1.54) is 0 Å². The van der Waals surface area contributed by atoms with Crippen LogP contribution in [0.25, 0.3) is 5.82 Å². The van der Waals surface area contributed by atoms with Crippen molar-refractivity contribution in [1.29, 1.82) is 0 Å². The van der Waals surface area contributed by atoms with Crippen molar-refractivity contribution in [2.24, 2.45) is 0 Å². The van der Waals surface area contributed by atoms with Crippen molar-refractivity contribution in [2.45, 2.75) is 45.1 Å². The highest BCUT2D eigenvalue weighted by molar-refractivity contribution is 5.92. The minimum absolute atomic E-state index is 0.0806. The zero-order chi connectivity index (χ0) is 18.1. The van der Waals surface area contributed by atoms with Crippen molar-refractivity contribution < 1.29 is 9.32 Å². The number of hydrogen-bond donors (Lipinski definition) is 1. The maximum atomic E-state index is 12.6. The summed E-state index contributed by atoms with van der Waals surface area (Å²) < 4.78 is 7.09. The van der Waals surface area contributed by atoms with Crippen molar-refractivity contribution in [3.05, 3.63) is 59.4 Å². The highest BCUT2D eigenvalue weighted by Gasteiger charge is 2.27. The number of pyridine rings is 1. The molecule has 0 bridgehead atoms. The van der Waals surface area contributed by atoms with E-state index in [9.17, 15) is 4.79 Å². The number of nitrogens with zero attached hydrogens (tertiary/aromatic N) is 4. The Hall–Kier alpha value is -2.96. The number of carbonyl (C=O) groups is 1. The van der Waals surface area contributed by atoms with Gasteiger partial charge in [0.25, 0.3) is 5.91 Å². The Morgan fingerprint density at radius 1 is 1.38 bits per heavy atom. The summed E-state index contributed by atoms with van der Waals surface area (Å²) in [6.45, 7) is 4.00. The quantitative estimate of drug-likeness (QED) is 0.780. The highest BCUT2D eigenvalue weighted by Crippen LogP contribution is 2.31. The molecule has 0 spiro atoms. The van der Waals surface area contributed by atoms with Gasteiger partial charge in [-0.3, -0.25) is 4.79 Å². The van der Waals surface area contributed by atoms with Crippen LogP contribution in [0.4, 0.5) is 0 Å². The average molecular weight is 351 g/mol. The van der Waals surface area contributed by atoms with Gasteiger partial charge >= 0.3 is 0 Å². The van der Waals surface area contributed by atoms with Gasteiger partial charge in [0.2, 0.25) is 0 Å². The second-order valence-electron chi connectivity index (χ2n) is 6.83. The molecule has 134 valence electrons. The van der Waals surface area contributed by atoms with Crippen LogP contribution in [0.3, 0.4) is 0 Å². The summed E-state index contributed by atoms with van der Waals surface area (Å²) in [4.78, 5) is 16.9. The lowest BCUT2D eigenvalue weighted by Crippen LogP contribution is -2.31. The molecular weight excluding hydrogens is 330 g/mol. The summed E-state index contributed by atoms with van der Waals surface area (Å²) in [5.74, 6) is 1.48. The molecule has 26 heavy (non-hydrogen) atoms. The Kier molecular flexibility index (Phi) is 4.28. The molecule has 7 heteroatoms. The van der Waals surface area contributed by atoms with Gasteiger partial charge in [-0.05, 0) is 31.4 Å². The van der Waals surface area contributed by atoms with E-state index in [4.69, 9.17) is 4.52 Å². The molecule has 0 aromatic carbocycles. The molecule has 0 saturated carbocycles. The second kappa shape index (κ2) is 6.74. The Bertz CT molecular complexity index is 913. The molecule has 1 aliphatic carbocycles. The molecule has 1 atom stereocenters. The molecule has 4 rings (SSSR count). The zero-order valence-corrected chi connectivity index (χ0v) is 14.8. The second-order valence-corrected chi connectivity index (χ2v) is 6.83. The number of nitrogens with one attached hydrogen (secondary N) is 1. The number of amides is 1. The standard InChI is InChI=1S/C19H21N5O2/c1-12(2)17-10-15(23-26-17)19(25)22-14-6-5-7-16-13(14)11-21-24(16)18-8-3-4-9-20-18/h3-4,8-12,14H,5-7H2,1-2H3,(H,22,25)/t14-/m0/s1. The first kappa shape index (κ1) is 16.5. The van der Waals surface area contributed by atoms with E-state index in [2.05, 4.69) is 20.6 Å². The van der Waals surface area contributed by atoms with Gasteiger partial charge in [-0.1, -0.05) is 25.1 Å². The molecule has 1 N–H and O–H groups in total. The van der Waals surface area contributed by atoms with E-state index in [0.29, 0.717) is 11.5 Å². The highest BCUT2D eigenvalue weighted by atomic mass is 16.5. The number of fused-ring (bicyclic) bond motifs is 1. The number of hydrogen-bond acceptors (Lipinski definition) is 5. The Balaban J connectivity index is 1.56. The lowest BCUT2D eigenvalue weighted by Gasteiger charge is -2.23. The normalized spacial score (nSPS) is 16.5. The predicted molar refractivity (Wildman–Crippen MR) is 95.1 cm³/mol. The lowest BCUT2D eigenvalue weighted by molar-refractivity contribution is 0.0923. The van der Waals surface area contributed by atoms with Crippen LogP contribution >= 0.6 is 0 Å². The molecule has 3 aromatic heterocycles. The molecule has 0 fully saturated rings. The molecule has 0 unspecified atom stereocenters. The largest absolute Gasteiger partial charge is 0.360 e. The van der Waals surface area contributed by atoms with E-state index >= 15 is 0 Å². The number of carbonyl (C=O) groups excluding carboxylic acids is 1. The minimum Gasteiger partial charge on any atom is -0.360 e. The van der Waals surface area contributed by atoms with Gasteiger partial charge in [0.15, 0.2) is 11.5 Å². The van der Waals surface area contributed by atoms with Crippen LogP contribution in [0.1, 0.15) is 66.2 Å². The van der Waals surface area contributed by atoms with Crippen LogP contribution in [0.2, 0.25) is 0 Å². The molecule has 0 saturated heterocycles. The van der Waals surface area contributed by atoms with Crippen LogP contribution in [0.5, 0.6) is 0 Å². The summed E-state index contributed by atoms with van der Waals surface area (Å²) in [5.41, 5.74) is 2.46. The Morgan fingerprint density at radius 2 is 2.27 bits per heavy atom. The Morgan fingerprint density at radius 3 is 3.00 bits per heavy atom. The third-order valence-electron chi connectivity index (χ3n) is 4.68. The van der Waals surface area contributed by atoms with Crippen molar-refractivity contribution in [3.63, 3.8) is 0 Å². The fourth-order valence-electron chi connectivity index (χ4n) is 3.28. The summed E-state index contributed by atoms with van der Waals surface area (Å²) in [6.07, 6.45) is 6.35. The Labute approximate surface area is 151 Å². The van der Waals surface area contributed by atoms with Gasteiger partial charge in [0.05, 0.1) is 17.9 Å². The molecule has 1 amide bonds. The number of aromatic nitrogens is 4. The fourth-order valence-corrected chi connectivity index (χ4v) is 3.28. The fraction of sp³-hybridized carbons (Fsp3) is 0.368. The molecule has 1 aliphatic rings. The first-order valence-corrected chi connectivity index (χ1v) is 8.89. The van der Waals surface area contributed by atoms with Crippen molar-refractivity contribution in [3.8, 4) is 5.82 Å². The average Bonchev–Trinajstić information content (AvgIpc) is 3.30. The minimum atomic E-state index is -0.218. The van der Waals surface area contributed by atoms with E-state index in [-0.39, 0.29) is 17.9 Å². The van der Waals surface area contributed by atoms with E-state index in [1.807, 2.05) is 42.9 Å². The molecular formula is C19H21N5O2. The van der Waals surface area contributed by atoms with Crippen LogP contribution < -0.4 is 5.32 Å². The summed E-state index contributed by atoms with van der Waals surface area (Å²) in [7, 11) is 0. The first-order valence-electron chi connectivity index (χ1n) is 8.89. The van der Waals surface area contributed by atoms with Crippen LogP contribution in [-0.2, 0) is 6.42 Å². The zero-order valence-electron chi connectivity index (χ0n) is 14.8. The van der Waals surface area contributed by atoms with Crippen molar-refractivity contribution >= 4 is 5.91 Å². The smallest absolute Gasteiger partial charge is 0.273 e. The van der Waals surface area contributed by atoms with Gasteiger partial charge in [0.1, 0.15) is 5.76 Å². The van der Waals surface area contributed by atoms with E-state index < -0.39 is 0 Å². The van der Waals surface area contributed by atoms with E-state index in [0.717, 1.165) is 36.3 Å². The van der Waals surface area contributed by atoms with E-state index in [1.54, 1.807) is 12.3 Å². The summed E-state index contributed by atoms with van der Waals surface area (Å²) >= 11 is 0. The van der Waals surface area contributed by atoms with Crippen molar-refractivity contribution in [2.75, 3.05) is 0 Å². The predicted octanol–water partition coefficient (Wildman–Crippen LogP) is 3.19. The molecule has 0 radical (unpaired) electrons. The molecule has 3 aromatic rings. The van der Waals surface area contributed by atoms with Crippen molar-refractivity contribution in [1.82, 2.24) is 25.2 Å². The van der Waals surface area contributed by atoms with Gasteiger partial charge in [-0.2, -0.15) is 5.10 Å². The first-order chi connectivity index (χ1) is 12.6. The van der Waals surface area contributed by atoms with Crippen LogP contribution in [0.15, 0.2) is 41.2 Å². The SMILES string of the molecule is CC(C)c1cc(C(=O)N[C@H]2CCCc3c2cnn3-c2ccccn2)no1. The summed E-state index contributed by atoms with van der Waals surface area (Å²) in [5, 5.41) is 11.5. The summed E-state index contributed by atoms with van der Waals surface area (Å²) in [6, 6.07) is 7.38. The third-order valence-corrected chi connectivity index (χ3v) is 4.68. The topological polar surface area (TPSA) is 85.8 Å². The molecule has 7 nitrogen and oxygen atoms in total. The van der Waals surface area contributed by atoms with Gasteiger partial charge < -0.3 is 9.84 Å². The lowest BCUT2D eigenvalue weighted by atomic mass is 9.93.